The fourth-order valence-electron chi connectivity index (χ4n) is 3.95. The van der Waals surface area contributed by atoms with Crippen LogP contribution in [0, 0.1) is 6.92 Å². The van der Waals surface area contributed by atoms with E-state index < -0.39 is 0 Å². The molecule has 0 spiro atoms. The first-order chi connectivity index (χ1) is 17.0. The van der Waals surface area contributed by atoms with Crippen LogP contribution in [-0.4, -0.2) is 49.9 Å². The van der Waals surface area contributed by atoms with Gasteiger partial charge < -0.3 is 24.1 Å². The lowest BCUT2D eigenvalue weighted by molar-refractivity contribution is 0.0857. The van der Waals surface area contributed by atoms with E-state index in [1.165, 1.54) is 18.4 Å². The molecular weight excluding hydrogens is 466 g/mol. The number of carbonyl (C=O) groups is 2. The molecule has 1 N–H and O–H groups in total. The molecule has 2 amide bonds. The summed E-state index contributed by atoms with van der Waals surface area (Å²) in [5.41, 5.74) is 1.94. The predicted octanol–water partition coefficient (Wildman–Crippen LogP) is 3.57. The van der Waals surface area contributed by atoms with E-state index in [1.54, 1.807) is 31.4 Å². The second-order valence-corrected chi connectivity index (χ2v) is 9.50. The molecule has 35 heavy (non-hydrogen) atoms. The maximum Gasteiger partial charge on any atom is 0.279 e. The molecule has 1 aromatic heterocycles. The van der Waals surface area contributed by atoms with Gasteiger partial charge in [-0.15, -0.1) is 11.3 Å². The van der Waals surface area contributed by atoms with Crippen LogP contribution in [-0.2, 0) is 11.3 Å². The van der Waals surface area contributed by atoms with Crippen molar-refractivity contribution in [2.75, 3.05) is 27.4 Å². The fraction of sp³-hybridized carbons (Fsp3) is 0.346. The highest BCUT2D eigenvalue weighted by atomic mass is 32.1. The van der Waals surface area contributed by atoms with E-state index in [2.05, 4.69) is 10.3 Å². The van der Waals surface area contributed by atoms with Gasteiger partial charge in [0.05, 0.1) is 20.3 Å². The molecule has 1 fully saturated rings. The molecule has 9 heteroatoms. The van der Waals surface area contributed by atoms with E-state index in [-0.39, 0.29) is 17.9 Å². The molecule has 0 saturated carbocycles. The summed E-state index contributed by atoms with van der Waals surface area (Å²) in [6, 6.07) is 12.4. The van der Waals surface area contributed by atoms with Crippen LogP contribution in [0.2, 0.25) is 0 Å². The zero-order valence-electron chi connectivity index (χ0n) is 20.1. The second kappa shape index (κ2) is 11.3. The summed E-state index contributed by atoms with van der Waals surface area (Å²) in [5.74, 6) is 0.523. The Bertz CT molecular complexity index is 1270. The summed E-state index contributed by atoms with van der Waals surface area (Å²) in [4.78, 5) is 31.5. The molecule has 0 aliphatic carbocycles. The van der Waals surface area contributed by atoms with Gasteiger partial charge in [-0.3, -0.25) is 9.59 Å². The first-order valence-electron chi connectivity index (χ1n) is 11.4. The minimum atomic E-state index is -0.371. The number of methoxy groups -OCH3 is 2. The van der Waals surface area contributed by atoms with E-state index in [9.17, 15) is 9.59 Å². The normalized spacial score (nSPS) is 15.7. The maximum absolute atomic E-state index is 12.9. The van der Waals surface area contributed by atoms with Crippen LogP contribution in [0.3, 0.4) is 0 Å². The minimum absolute atomic E-state index is 0.0962. The van der Waals surface area contributed by atoms with Gasteiger partial charge in [-0.1, -0.05) is 12.1 Å². The Morgan fingerprint density at radius 2 is 1.97 bits per heavy atom. The third kappa shape index (κ3) is 6.17. The van der Waals surface area contributed by atoms with Crippen LogP contribution in [0.25, 0.3) is 0 Å². The van der Waals surface area contributed by atoms with Crippen molar-refractivity contribution in [1.82, 2.24) is 9.88 Å². The van der Waals surface area contributed by atoms with Gasteiger partial charge in [0.15, 0.2) is 16.3 Å². The highest BCUT2D eigenvalue weighted by Crippen LogP contribution is 2.27. The summed E-state index contributed by atoms with van der Waals surface area (Å²) < 4.78 is 18.0. The van der Waals surface area contributed by atoms with E-state index in [4.69, 9.17) is 14.2 Å². The van der Waals surface area contributed by atoms with Crippen molar-refractivity contribution in [3.8, 4) is 11.5 Å². The molecule has 0 radical (unpaired) electrons. The molecule has 0 bridgehead atoms. The predicted molar refractivity (Wildman–Crippen MR) is 133 cm³/mol. The van der Waals surface area contributed by atoms with Gasteiger partial charge in [-0.2, -0.15) is 4.99 Å². The standard InChI is InChI=1S/C26H29N3O5S/c1-17-15-29(26(35-17)28-25(31)20-9-10-22(32-2)23(13-20)33-3)16-18-6-4-7-19(12-18)24(30)27-14-21-8-5-11-34-21/h4,6-7,9-10,12-13,15,21H,5,8,11,14,16H2,1-3H3,(H,27,30)/t21-/m0/s1. The van der Waals surface area contributed by atoms with Crippen LogP contribution in [0.1, 0.15) is 44.0 Å². The summed E-state index contributed by atoms with van der Waals surface area (Å²) in [6.45, 7) is 3.73. The number of ether oxygens (including phenoxy) is 3. The highest BCUT2D eigenvalue weighted by Gasteiger charge is 2.17. The third-order valence-electron chi connectivity index (χ3n) is 5.72. The van der Waals surface area contributed by atoms with Crippen molar-refractivity contribution in [2.24, 2.45) is 4.99 Å². The Kier molecular flexibility index (Phi) is 7.99. The number of thiazole rings is 1. The monoisotopic (exact) mass is 495 g/mol. The Balaban J connectivity index is 1.51. The lowest BCUT2D eigenvalue weighted by atomic mass is 10.1. The van der Waals surface area contributed by atoms with Crippen molar-refractivity contribution < 1.29 is 23.8 Å². The van der Waals surface area contributed by atoms with Crippen LogP contribution in [0.5, 0.6) is 11.5 Å². The smallest absolute Gasteiger partial charge is 0.279 e. The SMILES string of the molecule is COc1ccc(C(=O)N=c2sc(C)cn2Cc2cccc(C(=O)NC[C@@H]3CCCO3)c2)cc1OC. The average molecular weight is 496 g/mol. The molecule has 3 aromatic rings. The molecule has 2 aromatic carbocycles. The van der Waals surface area contributed by atoms with Crippen molar-refractivity contribution in [3.63, 3.8) is 0 Å². The Labute approximate surface area is 208 Å². The van der Waals surface area contributed by atoms with Crippen LogP contribution < -0.4 is 19.6 Å². The Morgan fingerprint density at radius 3 is 2.71 bits per heavy atom. The number of carbonyl (C=O) groups excluding carboxylic acids is 2. The number of nitrogens with zero attached hydrogens (tertiary/aromatic N) is 2. The summed E-state index contributed by atoms with van der Waals surface area (Å²) >= 11 is 1.43. The molecular formula is C26H29N3O5S. The van der Waals surface area contributed by atoms with Crippen molar-refractivity contribution in [1.29, 1.82) is 0 Å². The second-order valence-electron chi connectivity index (χ2n) is 8.28. The van der Waals surface area contributed by atoms with Crippen molar-refractivity contribution >= 4 is 23.2 Å². The summed E-state index contributed by atoms with van der Waals surface area (Å²) in [6.07, 6.45) is 4.06. The molecule has 8 nitrogen and oxygen atoms in total. The average Bonchev–Trinajstić information content (AvgIpc) is 3.51. The number of amides is 2. The van der Waals surface area contributed by atoms with Crippen LogP contribution >= 0.6 is 11.3 Å². The Hall–Kier alpha value is -3.43. The molecule has 1 aliphatic rings. The van der Waals surface area contributed by atoms with Gasteiger partial charge >= 0.3 is 0 Å². The summed E-state index contributed by atoms with van der Waals surface area (Å²) in [7, 11) is 3.07. The Morgan fingerprint density at radius 1 is 1.14 bits per heavy atom. The van der Waals surface area contributed by atoms with Gasteiger partial charge in [0, 0.05) is 41.9 Å². The van der Waals surface area contributed by atoms with Gasteiger partial charge in [0.1, 0.15) is 0 Å². The number of hydrogen-bond donors (Lipinski definition) is 1. The molecule has 1 saturated heterocycles. The first-order valence-corrected chi connectivity index (χ1v) is 12.2. The van der Waals surface area contributed by atoms with Crippen molar-refractivity contribution in [2.45, 2.75) is 32.4 Å². The summed E-state index contributed by atoms with van der Waals surface area (Å²) in [5, 5.41) is 2.96. The number of aromatic nitrogens is 1. The van der Waals surface area contributed by atoms with Gasteiger partial charge in [0.2, 0.25) is 0 Å². The first kappa shape index (κ1) is 24.7. The molecule has 4 rings (SSSR count). The van der Waals surface area contributed by atoms with E-state index >= 15 is 0 Å². The largest absolute Gasteiger partial charge is 0.493 e. The quantitative estimate of drug-likeness (QED) is 0.516. The number of benzene rings is 2. The van der Waals surface area contributed by atoms with Crippen LogP contribution in [0.15, 0.2) is 53.7 Å². The van der Waals surface area contributed by atoms with E-state index in [1.807, 2.05) is 35.9 Å². The lowest BCUT2D eigenvalue weighted by Gasteiger charge is -2.11. The van der Waals surface area contributed by atoms with Gasteiger partial charge in [0.25, 0.3) is 11.8 Å². The molecule has 1 atom stereocenters. The molecule has 1 aliphatic heterocycles. The minimum Gasteiger partial charge on any atom is -0.493 e. The number of hydrogen-bond acceptors (Lipinski definition) is 6. The highest BCUT2D eigenvalue weighted by molar-refractivity contribution is 7.09. The topological polar surface area (TPSA) is 91.2 Å². The fourth-order valence-corrected chi connectivity index (χ4v) is 4.78. The van der Waals surface area contributed by atoms with Gasteiger partial charge in [-0.05, 0) is 55.7 Å². The molecule has 2 heterocycles. The molecule has 0 unspecified atom stereocenters. The zero-order valence-corrected chi connectivity index (χ0v) is 20.9. The van der Waals surface area contributed by atoms with Crippen LogP contribution in [0.4, 0.5) is 0 Å². The zero-order chi connectivity index (χ0) is 24.8. The number of rotatable bonds is 8. The molecule has 184 valence electrons. The van der Waals surface area contributed by atoms with E-state index in [0.717, 1.165) is 29.9 Å². The third-order valence-corrected chi connectivity index (χ3v) is 6.66. The van der Waals surface area contributed by atoms with E-state index in [0.29, 0.717) is 40.5 Å². The van der Waals surface area contributed by atoms with Gasteiger partial charge in [-0.25, -0.2) is 0 Å². The maximum atomic E-state index is 12.9. The number of aryl methyl sites for hydroxylation is 1. The van der Waals surface area contributed by atoms with Crippen molar-refractivity contribution in [3.05, 3.63) is 75.0 Å². The number of nitrogens with one attached hydrogen (secondary N) is 1. The lowest BCUT2D eigenvalue weighted by Crippen LogP contribution is -2.31.